The lowest BCUT2D eigenvalue weighted by Gasteiger charge is -2.10. The van der Waals surface area contributed by atoms with Crippen LogP contribution in [0.3, 0.4) is 0 Å². The first kappa shape index (κ1) is 19.9. The van der Waals surface area contributed by atoms with Gasteiger partial charge < -0.3 is 30.8 Å². The van der Waals surface area contributed by atoms with Gasteiger partial charge in [0.2, 0.25) is 0 Å². The molecule has 0 amide bonds. The van der Waals surface area contributed by atoms with E-state index in [1.165, 1.54) is 30.0 Å². The van der Waals surface area contributed by atoms with Crippen LogP contribution in [0.4, 0.5) is 0 Å². The van der Waals surface area contributed by atoms with Crippen LogP contribution >= 0.6 is 27.7 Å². The number of hydrogen-bond donors (Lipinski definition) is 6. The molecule has 0 bridgehead atoms. The minimum Gasteiger partial charge on any atom is -0.504 e. The Morgan fingerprint density at radius 1 is 1.00 bits per heavy atom. The third kappa shape index (κ3) is 5.03. The van der Waals surface area contributed by atoms with Crippen molar-refractivity contribution in [2.45, 2.75) is 6.54 Å². The summed E-state index contributed by atoms with van der Waals surface area (Å²) in [4.78, 5) is 0. The Labute approximate surface area is 163 Å². The topological polar surface area (TPSA) is 113 Å². The number of halogens is 1. The highest BCUT2D eigenvalue weighted by Gasteiger charge is 2.08. The molecule has 26 heavy (non-hydrogen) atoms. The van der Waals surface area contributed by atoms with E-state index in [1.807, 2.05) is 11.7 Å². The fourth-order valence-electron chi connectivity index (χ4n) is 2.12. The molecular formula is C18H18BrNO5S. The number of aromatic hydroxyl groups is 5. The van der Waals surface area contributed by atoms with E-state index in [-0.39, 0.29) is 11.5 Å². The van der Waals surface area contributed by atoms with Crippen molar-refractivity contribution in [1.29, 1.82) is 0 Å². The predicted molar refractivity (Wildman–Crippen MR) is 106 cm³/mol. The number of phenolic OH excluding ortho intramolecular Hbond substituents is 5. The number of hydrogen-bond acceptors (Lipinski definition) is 7. The Morgan fingerprint density at radius 2 is 1.62 bits per heavy atom. The smallest absolute Gasteiger partial charge is 0.200 e. The molecule has 0 atom stereocenters. The molecule has 0 radical (unpaired) electrons. The summed E-state index contributed by atoms with van der Waals surface area (Å²) in [6.45, 7) is 0.308. The van der Waals surface area contributed by atoms with Gasteiger partial charge in [-0.1, -0.05) is 6.08 Å². The molecule has 0 saturated carbocycles. The summed E-state index contributed by atoms with van der Waals surface area (Å²) in [5.74, 6) is -1.77. The van der Waals surface area contributed by atoms with Crippen molar-refractivity contribution >= 4 is 33.8 Å². The lowest BCUT2D eigenvalue weighted by atomic mass is 10.1. The van der Waals surface area contributed by atoms with Crippen LogP contribution in [0.25, 0.3) is 6.08 Å². The average molecular weight is 440 g/mol. The van der Waals surface area contributed by atoms with Crippen molar-refractivity contribution in [1.82, 2.24) is 5.32 Å². The molecule has 0 aliphatic carbocycles. The minimum atomic E-state index is -0.550. The van der Waals surface area contributed by atoms with Crippen LogP contribution in [0.5, 0.6) is 28.7 Å². The zero-order chi connectivity index (χ0) is 19.3. The van der Waals surface area contributed by atoms with Crippen LogP contribution in [-0.2, 0) is 6.54 Å². The van der Waals surface area contributed by atoms with Gasteiger partial charge in [-0.15, -0.1) is 11.8 Å². The van der Waals surface area contributed by atoms with Crippen LogP contribution in [0.1, 0.15) is 11.1 Å². The Balaban J connectivity index is 2.13. The highest BCUT2D eigenvalue weighted by molar-refractivity contribution is 9.10. The van der Waals surface area contributed by atoms with Crippen LogP contribution in [0.2, 0.25) is 0 Å². The molecule has 0 spiro atoms. The van der Waals surface area contributed by atoms with Crippen molar-refractivity contribution in [3.05, 3.63) is 57.0 Å². The number of benzene rings is 2. The fraction of sp³-hybridized carbons (Fsp3) is 0.111. The average Bonchev–Trinajstić information content (AvgIpc) is 2.59. The van der Waals surface area contributed by atoms with E-state index < -0.39 is 17.2 Å². The van der Waals surface area contributed by atoms with Gasteiger partial charge in [0.15, 0.2) is 28.7 Å². The number of nitrogens with one attached hydrogen (secondary N) is 1. The molecule has 0 heterocycles. The minimum absolute atomic E-state index is 0.216. The van der Waals surface area contributed by atoms with E-state index in [9.17, 15) is 25.5 Å². The van der Waals surface area contributed by atoms with Gasteiger partial charge in [-0.2, -0.15) is 0 Å². The molecule has 2 rings (SSSR count). The molecule has 0 fully saturated rings. The lowest BCUT2D eigenvalue weighted by molar-refractivity contribution is 0.367. The highest BCUT2D eigenvalue weighted by atomic mass is 79.9. The van der Waals surface area contributed by atoms with Crippen LogP contribution < -0.4 is 5.32 Å². The summed E-state index contributed by atoms with van der Waals surface area (Å²) < 4.78 is 0.385. The van der Waals surface area contributed by atoms with Crippen LogP contribution in [0, 0.1) is 0 Å². The van der Waals surface area contributed by atoms with E-state index in [4.69, 9.17) is 0 Å². The van der Waals surface area contributed by atoms with Gasteiger partial charge in [0.05, 0.1) is 4.47 Å². The maximum atomic E-state index is 9.66. The lowest BCUT2D eigenvalue weighted by Crippen LogP contribution is -2.11. The maximum Gasteiger partial charge on any atom is 0.200 e. The molecule has 0 aliphatic rings. The summed E-state index contributed by atoms with van der Waals surface area (Å²) in [5.41, 5.74) is 2.03. The first-order valence-electron chi connectivity index (χ1n) is 7.42. The number of phenols is 5. The highest BCUT2D eigenvalue weighted by Crippen LogP contribution is 2.36. The largest absolute Gasteiger partial charge is 0.504 e. The van der Waals surface area contributed by atoms with E-state index in [2.05, 4.69) is 21.2 Å². The van der Waals surface area contributed by atoms with Gasteiger partial charge in [-0.05, 0) is 69.1 Å². The van der Waals surface area contributed by atoms with E-state index in [0.29, 0.717) is 22.1 Å². The SMILES string of the molecule is CSC=C(/C=C/c1cc(O)c(O)c(Br)c1)NCc1cc(O)c(O)c(O)c1. The van der Waals surface area contributed by atoms with Crippen molar-refractivity contribution < 1.29 is 25.5 Å². The normalized spacial score (nSPS) is 11.8. The maximum absolute atomic E-state index is 9.66. The summed E-state index contributed by atoms with van der Waals surface area (Å²) in [5, 5.41) is 52.7. The van der Waals surface area contributed by atoms with Gasteiger partial charge in [0.25, 0.3) is 0 Å². The molecular weight excluding hydrogens is 422 g/mol. The van der Waals surface area contributed by atoms with Gasteiger partial charge in [0, 0.05) is 12.2 Å². The molecule has 0 aliphatic heterocycles. The van der Waals surface area contributed by atoms with Crippen molar-refractivity contribution in [3.63, 3.8) is 0 Å². The third-order valence-electron chi connectivity index (χ3n) is 3.39. The molecule has 0 aromatic heterocycles. The Bertz CT molecular complexity index is 821. The summed E-state index contributed by atoms with van der Waals surface area (Å²) >= 11 is 4.65. The number of thioether (sulfide) groups is 1. The first-order valence-corrected chi connectivity index (χ1v) is 9.50. The summed E-state index contributed by atoms with van der Waals surface area (Å²) in [7, 11) is 0. The summed E-state index contributed by atoms with van der Waals surface area (Å²) in [6.07, 6.45) is 5.44. The van der Waals surface area contributed by atoms with E-state index in [0.717, 1.165) is 5.70 Å². The Hall–Kier alpha value is -2.45. The Morgan fingerprint density at radius 3 is 2.19 bits per heavy atom. The monoisotopic (exact) mass is 439 g/mol. The molecule has 6 N–H and O–H groups in total. The predicted octanol–water partition coefficient (Wildman–Crippen LogP) is 3.98. The quantitative estimate of drug-likeness (QED) is 0.298. The third-order valence-corrected chi connectivity index (χ3v) is 4.49. The zero-order valence-electron chi connectivity index (χ0n) is 13.8. The number of allylic oxidation sites excluding steroid dienone is 1. The molecule has 0 saturated heterocycles. The van der Waals surface area contributed by atoms with Crippen LogP contribution in [0.15, 0.2) is 45.9 Å². The van der Waals surface area contributed by atoms with E-state index in [1.54, 1.807) is 18.2 Å². The van der Waals surface area contributed by atoms with Gasteiger partial charge in [0.1, 0.15) is 0 Å². The van der Waals surface area contributed by atoms with Gasteiger partial charge in [-0.3, -0.25) is 0 Å². The second-order valence-corrected chi connectivity index (χ2v) is 6.91. The molecule has 0 unspecified atom stereocenters. The number of rotatable bonds is 6. The first-order chi connectivity index (χ1) is 12.3. The second kappa shape index (κ2) is 8.77. The Kier molecular flexibility index (Phi) is 6.70. The molecule has 8 heteroatoms. The fourth-order valence-corrected chi connectivity index (χ4v) is 3.00. The molecule has 6 nitrogen and oxygen atoms in total. The zero-order valence-corrected chi connectivity index (χ0v) is 16.2. The molecule has 138 valence electrons. The van der Waals surface area contributed by atoms with Crippen molar-refractivity contribution in [2.24, 2.45) is 0 Å². The summed E-state index contributed by atoms with van der Waals surface area (Å²) in [6, 6.07) is 5.82. The molecule has 2 aromatic carbocycles. The van der Waals surface area contributed by atoms with Crippen molar-refractivity contribution in [2.75, 3.05) is 6.26 Å². The van der Waals surface area contributed by atoms with Gasteiger partial charge in [-0.25, -0.2) is 0 Å². The molecule has 2 aromatic rings. The van der Waals surface area contributed by atoms with Crippen LogP contribution in [-0.4, -0.2) is 31.8 Å². The second-order valence-electron chi connectivity index (χ2n) is 5.35. The van der Waals surface area contributed by atoms with E-state index >= 15 is 0 Å². The van der Waals surface area contributed by atoms with Crippen molar-refractivity contribution in [3.8, 4) is 28.7 Å². The van der Waals surface area contributed by atoms with Gasteiger partial charge >= 0.3 is 0 Å². The standard InChI is InChI=1S/C18H18BrNO5S/c1-26-9-12(3-2-10-4-13(19)17(24)14(21)5-10)20-8-11-6-15(22)18(25)16(23)7-11/h2-7,9,20-25H,8H2,1H3/b3-2+,12-9?.